The lowest BCUT2D eigenvalue weighted by Gasteiger charge is -2.00. The molecule has 120 valence electrons. The summed E-state index contributed by atoms with van der Waals surface area (Å²) in [5.41, 5.74) is 6.19. The Morgan fingerprint density at radius 1 is 1.04 bits per heavy atom. The molecule has 0 aliphatic heterocycles. The fraction of sp³-hybridized carbons (Fsp3) is 0.0556. The SMILES string of the molecule is Cc1cnc2n[nH]c(-c3nc4c(-c5cccnc5)cncc4[nH]3)c2c1. The average molecular weight is 327 g/mol. The van der Waals surface area contributed by atoms with E-state index in [1.54, 1.807) is 24.8 Å². The minimum Gasteiger partial charge on any atom is -0.335 e. The van der Waals surface area contributed by atoms with Gasteiger partial charge in [0.25, 0.3) is 0 Å². The Bertz CT molecular complexity index is 1200. The predicted molar refractivity (Wildman–Crippen MR) is 94.7 cm³/mol. The summed E-state index contributed by atoms with van der Waals surface area (Å²) in [7, 11) is 0. The van der Waals surface area contributed by atoms with Crippen LogP contribution in [0.3, 0.4) is 0 Å². The van der Waals surface area contributed by atoms with Crippen molar-refractivity contribution in [1.29, 1.82) is 0 Å². The Morgan fingerprint density at radius 3 is 2.88 bits per heavy atom. The topological polar surface area (TPSA) is 96.0 Å². The van der Waals surface area contributed by atoms with Crippen molar-refractivity contribution in [2.45, 2.75) is 6.92 Å². The van der Waals surface area contributed by atoms with Crippen molar-refractivity contribution in [3.05, 3.63) is 54.7 Å². The molecular weight excluding hydrogens is 314 g/mol. The Kier molecular flexibility index (Phi) is 2.87. The molecular formula is C18H13N7. The summed E-state index contributed by atoms with van der Waals surface area (Å²) in [4.78, 5) is 21.0. The number of hydrogen-bond donors (Lipinski definition) is 2. The van der Waals surface area contributed by atoms with Crippen LogP contribution in [0.5, 0.6) is 0 Å². The summed E-state index contributed by atoms with van der Waals surface area (Å²) < 4.78 is 0. The maximum Gasteiger partial charge on any atom is 0.181 e. The number of imidazole rings is 1. The van der Waals surface area contributed by atoms with Crippen molar-refractivity contribution in [3.63, 3.8) is 0 Å². The lowest BCUT2D eigenvalue weighted by molar-refractivity contribution is 1.09. The number of aromatic nitrogens is 7. The molecule has 0 saturated heterocycles. The van der Waals surface area contributed by atoms with Crippen LogP contribution in [0.2, 0.25) is 0 Å². The summed E-state index contributed by atoms with van der Waals surface area (Å²) in [6.07, 6.45) is 8.94. The number of aromatic amines is 2. The standard InChI is InChI=1S/C18H13N7/c1-10-5-12-16(24-25-17(12)21-6-10)18-22-14-9-20-8-13(15(14)23-18)11-3-2-4-19-7-11/h2-9H,1H3,(H,22,23)(H,21,24,25). The number of rotatable bonds is 2. The third kappa shape index (κ3) is 2.17. The molecule has 0 aromatic carbocycles. The Morgan fingerprint density at radius 2 is 2.00 bits per heavy atom. The highest BCUT2D eigenvalue weighted by molar-refractivity contribution is 5.95. The number of H-pyrrole nitrogens is 2. The van der Waals surface area contributed by atoms with Gasteiger partial charge in [0.05, 0.1) is 17.1 Å². The summed E-state index contributed by atoms with van der Waals surface area (Å²) in [6.45, 7) is 2.01. The van der Waals surface area contributed by atoms with Gasteiger partial charge >= 0.3 is 0 Å². The fourth-order valence-corrected chi connectivity index (χ4v) is 2.97. The highest BCUT2D eigenvalue weighted by Crippen LogP contribution is 2.30. The van der Waals surface area contributed by atoms with E-state index in [1.807, 2.05) is 25.3 Å². The van der Waals surface area contributed by atoms with Gasteiger partial charge in [-0.25, -0.2) is 9.97 Å². The molecule has 7 nitrogen and oxygen atoms in total. The van der Waals surface area contributed by atoms with Crippen LogP contribution in [0, 0.1) is 6.92 Å². The smallest absolute Gasteiger partial charge is 0.181 e. The van der Waals surface area contributed by atoms with Crippen molar-refractivity contribution in [2.75, 3.05) is 0 Å². The van der Waals surface area contributed by atoms with Crippen LogP contribution in [-0.4, -0.2) is 35.1 Å². The molecule has 5 aromatic rings. The molecule has 0 bridgehead atoms. The molecule has 0 unspecified atom stereocenters. The monoisotopic (exact) mass is 327 g/mol. The predicted octanol–water partition coefficient (Wildman–Crippen LogP) is 3.27. The number of hydrogen-bond acceptors (Lipinski definition) is 5. The van der Waals surface area contributed by atoms with Gasteiger partial charge in [-0.1, -0.05) is 6.07 Å². The second-order valence-electron chi connectivity index (χ2n) is 5.89. The first-order valence-electron chi connectivity index (χ1n) is 7.85. The molecule has 5 aromatic heterocycles. The zero-order chi connectivity index (χ0) is 16.8. The molecule has 5 rings (SSSR count). The number of pyridine rings is 3. The molecule has 0 atom stereocenters. The van der Waals surface area contributed by atoms with Crippen LogP contribution >= 0.6 is 0 Å². The van der Waals surface area contributed by atoms with Crippen molar-refractivity contribution in [2.24, 2.45) is 0 Å². The number of fused-ring (bicyclic) bond motifs is 2. The van der Waals surface area contributed by atoms with E-state index in [2.05, 4.69) is 36.2 Å². The molecule has 25 heavy (non-hydrogen) atoms. The first kappa shape index (κ1) is 13.8. The van der Waals surface area contributed by atoms with E-state index >= 15 is 0 Å². The van der Waals surface area contributed by atoms with Crippen LogP contribution in [0.4, 0.5) is 0 Å². The third-order valence-corrected chi connectivity index (χ3v) is 4.15. The quantitative estimate of drug-likeness (QED) is 0.519. The maximum absolute atomic E-state index is 4.79. The highest BCUT2D eigenvalue weighted by Gasteiger charge is 2.15. The van der Waals surface area contributed by atoms with Gasteiger partial charge in [-0.3, -0.25) is 15.1 Å². The highest BCUT2D eigenvalue weighted by atomic mass is 15.2. The lowest BCUT2D eigenvalue weighted by atomic mass is 10.1. The van der Waals surface area contributed by atoms with E-state index in [-0.39, 0.29) is 0 Å². The van der Waals surface area contributed by atoms with Gasteiger partial charge in [0.2, 0.25) is 0 Å². The maximum atomic E-state index is 4.79. The normalized spacial score (nSPS) is 11.4. The molecule has 0 saturated carbocycles. The zero-order valence-corrected chi connectivity index (χ0v) is 13.4. The summed E-state index contributed by atoms with van der Waals surface area (Å²) in [5.74, 6) is 0.711. The average Bonchev–Trinajstić information content (AvgIpc) is 3.25. The molecule has 5 heterocycles. The van der Waals surface area contributed by atoms with Gasteiger partial charge in [0.15, 0.2) is 11.5 Å². The zero-order valence-electron chi connectivity index (χ0n) is 13.4. The lowest BCUT2D eigenvalue weighted by Crippen LogP contribution is -1.84. The third-order valence-electron chi connectivity index (χ3n) is 4.15. The van der Waals surface area contributed by atoms with Crippen LogP contribution in [0.25, 0.3) is 44.7 Å². The summed E-state index contributed by atoms with van der Waals surface area (Å²) >= 11 is 0. The van der Waals surface area contributed by atoms with E-state index in [9.17, 15) is 0 Å². The Balaban J connectivity index is 1.74. The van der Waals surface area contributed by atoms with Gasteiger partial charge < -0.3 is 4.98 Å². The molecule has 0 amide bonds. The Labute approximate surface area is 142 Å². The van der Waals surface area contributed by atoms with E-state index in [1.165, 1.54) is 0 Å². The minimum absolute atomic E-state index is 0.673. The van der Waals surface area contributed by atoms with E-state index in [0.29, 0.717) is 11.5 Å². The van der Waals surface area contributed by atoms with E-state index in [4.69, 9.17) is 4.98 Å². The van der Waals surface area contributed by atoms with Gasteiger partial charge in [-0.15, -0.1) is 0 Å². The van der Waals surface area contributed by atoms with Crippen molar-refractivity contribution < 1.29 is 0 Å². The van der Waals surface area contributed by atoms with Gasteiger partial charge in [-0.05, 0) is 24.6 Å². The van der Waals surface area contributed by atoms with Crippen LogP contribution < -0.4 is 0 Å². The van der Waals surface area contributed by atoms with Gasteiger partial charge in [-0.2, -0.15) is 5.10 Å². The second kappa shape index (κ2) is 5.20. The van der Waals surface area contributed by atoms with Crippen molar-refractivity contribution >= 4 is 22.1 Å². The number of nitrogens with zero attached hydrogens (tertiary/aromatic N) is 5. The molecule has 7 heteroatoms. The van der Waals surface area contributed by atoms with Gasteiger partial charge in [0.1, 0.15) is 11.2 Å². The van der Waals surface area contributed by atoms with Crippen LogP contribution in [0.1, 0.15) is 5.56 Å². The molecule has 0 radical (unpaired) electrons. The van der Waals surface area contributed by atoms with Crippen molar-refractivity contribution in [1.82, 2.24) is 35.1 Å². The summed E-state index contributed by atoms with van der Waals surface area (Å²) in [5, 5.41) is 8.24. The first-order valence-corrected chi connectivity index (χ1v) is 7.85. The first-order chi connectivity index (χ1) is 12.3. The molecule has 0 aliphatic carbocycles. The van der Waals surface area contributed by atoms with E-state index in [0.717, 1.165) is 38.8 Å². The second-order valence-corrected chi connectivity index (χ2v) is 5.89. The fourth-order valence-electron chi connectivity index (χ4n) is 2.97. The molecule has 0 aliphatic rings. The van der Waals surface area contributed by atoms with E-state index < -0.39 is 0 Å². The van der Waals surface area contributed by atoms with Crippen LogP contribution in [0.15, 0.2) is 49.2 Å². The minimum atomic E-state index is 0.673. The van der Waals surface area contributed by atoms with Crippen LogP contribution in [-0.2, 0) is 0 Å². The number of aryl methyl sites for hydroxylation is 1. The largest absolute Gasteiger partial charge is 0.335 e. The Hall–Kier alpha value is -3.61. The van der Waals surface area contributed by atoms with Gasteiger partial charge in [0, 0.05) is 35.9 Å². The molecule has 0 spiro atoms. The van der Waals surface area contributed by atoms with Crippen molar-refractivity contribution in [3.8, 4) is 22.6 Å². The molecule has 0 fully saturated rings. The number of nitrogens with one attached hydrogen (secondary N) is 2. The summed E-state index contributed by atoms with van der Waals surface area (Å²) in [6, 6.07) is 5.95. The molecule has 2 N–H and O–H groups in total.